The first-order valence-electron chi connectivity index (χ1n) is 6.61. The lowest BCUT2D eigenvalue weighted by Gasteiger charge is -2.26. The van der Waals surface area contributed by atoms with Crippen molar-refractivity contribution in [1.29, 1.82) is 0 Å². The third kappa shape index (κ3) is 3.27. The topological polar surface area (TPSA) is 43.4 Å². The Kier molecular flexibility index (Phi) is 3.86. The Balaban J connectivity index is 2.19. The van der Waals surface area contributed by atoms with E-state index in [0.717, 1.165) is 24.7 Å². The zero-order valence-corrected chi connectivity index (χ0v) is 12.3. The number of carbonyl (C=O) groups is 2. The molecular weight excluding hydrogens is 264 g/mol. The number of hydrogen-bond acceptors (Lipinski definition) is 3. The summed E-state index contributed by atoms with van der Waals surface area (Å²) in [6, 6.07) is 0. The molecule has 1 saturated carbocycles. The minimum atomic E-state index is -0.546. The van der Waals surface area contributed by atoms with Crippen molar-refractivity contribution in [2.24, 2.45) is 11.8 Å². The Labute approximate surface area is 118 Å². The number of ether oxygens (including phenoxy) is 1. The number of esters is 1. The number of allylic oxidation sites excluding steroid dienone is 3. The minimum Gasteiger partial charge on any atom is -0.459 e. The molecule has 1 fully saturated rings. The van der Waals surface area contributed by atoms with Gasteiger partial charge in [-0.25, -0.2) is 0 Å². The first-order chi connectivity index (χ1) is 8.83. The van der Waals surface area contributed by atoms with Gasteiger partial charge in [-0.2, -0.15) is 0 Å². The molecule has 0 amide bonds. The van der Waals surface area contributed by atoms with Crippen molar-refractivity contribution >= 4 is 23.9 Å². The van der Waals surface area contributed by atoms with Crippen LogP contribution in [0.1, 0.15) is 40.0 Å². The summed E-state index contributed by atoms with van der Waals surface area (Å²) >= 11 is 6.25. The normalized spacial score (nSPS) is 24.0. The molecule has 0 heterocycles. The Morgan fingerprint density at radius 2 is 2.05 bits per heavy atom. The first-order valence-corrected chi connectivity index (χ1v) is 6.99. The van der Waals surface area contributed by atoms with Crippen LogP contribution >= 0.6 is 11.6 Å². The van der Waals surface area contributed by atoms with Crippen LogP contribution in [0.5, 0.6) is 0 Å². The van der Waals surface area contributed by atoms with Gasteiger partial charge in [0.25, 0.3) is 0 Å². The molecule has 0 bridgehead atoms. The molecule has 0 N–H and O–H groups in total. The van der Waals surface area contributed by atoms with Gasteiger partial charge in [-0.1, -0.05) is 17.7 Å². The van der Waals surface area contributed by atoms with E-state index in [1.165, 1.54) is 0 Å². The summed E-state index contributed by atoms with van der Waals surface area (Å²) in [7, 11) is 0. The molecular formula is C15H19ClO3. The highest BCUT2D eigenvalue weighted by molar-refractivity contribution is 6.33. The summed E-state index contributed by atoms with van der Waals surface area (Å²) < 4.78 is 5.35. The van der Waals surface area contributed by atoms with Gasteiger partial charge in [-0.3, -0.25) is 9.59 Å². The van der Waals surface area contributed by atoms with Crippen molar-refractivity contribution < 1.29 is 14.3 Å². The summed E-state index contributed by atoms with van der Waals surface area (Å²) in [5.74, 6) is -0.444. The molecule has 0 aromatic carbocycles. The Morgan fingerprint density at radius 1 is 1.42 bits per heavy atom. The van der Waals surface area contributed by atoms with Gasteiger partial charge >= 0.3 is 5.97 Å². The van der Waals surface area contributed by atoms with Crippen LogP contribution in [0.25, 0.3) is 0 Å². The molecule has 0 saturated heterocycles. The quantitative estimate of drug-likeness (QED) is 0.589. The molecule has 1 atom stereocenters. The van der Waals surface area contributed by atoms with Crippen molar-refractivity contribution in [3.63, 3.8) is 0 Å². The van der Waals surface area contributed by atoms with Crippen LogP contribution in [0.2, 0.25) is 0 Å². The Morgan fingerprint density at radius 3 is 2.53 bits per heavy atom. The summed E-state index contributed by atoms with van der Waals surface area (Å²) in [4.78, 5) is 23.3. The predicted octanol–water partition coefficient (Wildman–Crippen LogP) is 3.38. The second kappa shape index (κ2) is 5.12. The van der Waals surface area contributed by atoms with E-state index in [1.807, 2.05) is 26.8 Å². The highest BCUT2D eigenvalue weighted by atomic mass is 35.5. The average Bonchev–Trinajstić information content (AvgIpc) is 3.09. The Bertz CT molecular complexity index is 464. The zero-order valence-electron chi connectivity index (χ0n) is 11.5. The number of aldehydes is 1. The van der Waals surface area contributed by atoms with Gasteiger partial charge < -0.3 is 4.74 Å². The largest absolute Gasteiger partial charge is 0.459 e. The lowest BCUT2D eigenvalue weighted by atomic mass is 9.88. The van der Waals surface area contributed by atoms with E-state index in [4.69, 9.17) is 16.3 Å². The van der Waals surface area contributed by atoms with Gasteiger partial charge in [0.2, 0.25) is 0 Å². The van der Waals surface area contributed by atoms with Gasteiger partial charge in [-0.15, -0.1) is 0 Å². The van der Waals surface area contributed by atoms with Crippen molar-refractivity contribution in [3.8, 4) is 0 Å². The van der Waals surface area contributed by atoms with Crippen LogP contribution in [0.4, 0.5) is 0 Å². The van der Waals surface area contributed by atoms with E-state index in [-0.39, 0.29) is 5.97 Å². The number of rotatable bonds is 3. The fourth-order valence-corrected chi connectivity index (χ4v) is 2.59. The van der Waals surface area contributed by atoms with E-state index >= 15 is 0 Å². The molecule has 19 heavy (non-hydrogen) atoms. The minimum absolute atomic E-state index is 0.341. The summed E-state index contributed by atoms with van der Waals surface area (Å²) in [5, 5.41) is 0.341. The van der Waals surface area contributed by atoms with Crippen molar-refractivity contribution in [2.75, 3.05) is 0 Å². The summed E-state index contributed by atoms with van der Waals surface area (Å²) in [6.45, 7) is 5.45. The number of carbonyl (C=O) groups excluding carboxylic acids is 2. The number of halogens is 1. The Hall–Kier alpha value is -1.09. The van der Waals surface area contributed by atoms with Crippen molar-refractivity contribution in [3.05, 3.63) is 22.3 Å². The molecule has 2 aliphatic carbocycles. The summed E-state index contributed by atoms with van der Waals surface area (Å²) in [5.41, 5.74) is 0.960. The van der Waals surface area contributed by atoms with Crippen molar-refractivity contribution in [1.82, 2.24) is 0 Å². The third-order valence-electron chi connectivity index (χ3n) is 3.27. The van der Waals surface area contributed by atoms with E-state index < -0.39 is 11.5 Å². The molecule has 0 aromatic rings. The molecule has 0 spiro atoms. The molecule has 4 heteroatoms. The van der Waals surface area contributed by atoms with Gasteiger partial charge in [-0.05, 0) is 51.5 Å². The molecule has 3 nitrogen and oxygen atoms in total. The highest BCUT2D eigenvalue weighted by Gasteiger charge is 2.36. The van der Waals surface area contributed by atoms with E-state index in [2.05, 4.69) is 0 Å². The maximum Gasteiger partial charge on any atom is 0.315 e. The zero-order chi connectivity index (χ0) is 14.2. The van der Waals surface area contributed by atoms with Crippen LogP contribution in [0.3, 0.4) is 0 Å². The van der Waals surface area contributed by atoms with Crippen LogP contribution in [0, 0.1) is 11.8 Å². The summed E-state index contributed by atoms with van der Waals surface area (Å²) in [6.07, 6.45) is 5.47. The van der Waals surface area contributed by atoms with Crippen molar-refractivity contribution in [2.45, 2.75) is 45.6 Å². The monoisotopic (exact) mass is 282 g/mol. The van der Waals surface area contributed by atoms with Crippen LogP contribution < -0.4 is 0 Å². The maximum atomic E-state index is 12.1. The van der Waals surface area contributed by atoms with E-state index in [0.29, 0.717) is 22.9 Å². The van der Waals surface area contributed by atoms with Gasteiger partial charge in [0.15, 0.2) is 6.29 Å². The molecule has 0 radical (unpaired) electrons. The molecule has 104 valence electrons. The molecule has 0 aromatic heterocycles. The third-order valence-corrected chi connectivity index (χ3v) is 3.74. The van der Waals surface area contributed by atoms with Gasteiger partial charge in [0.1, 0.15) is 5.60 Å². The maximum absolute atomic E-state index is 12.1. The van der Waals surface area contributed by atoms with E-state index in [9.17, 15) is 9.59 Å². The molecule has 0 aliphatic heterocycles. The first kappa shape index (κ1) is 14.3. The van der Waals surface area contributed by atoms with Crippen LogP contribution in [0.15, 0.2) is 22.3 Å². The van der Waals surface area contributed by atoms with Crippen LogP contribution in [-0.2, 0) is 14.3 Å². The lowest BCUT2D eigenvalue weighted by Crippen LogP contribution is -2.30. The lowest BCUT2D eigenvalue weighted by molar-refractivity contribution is -0.158. The van der Waals surface area contributed by atoms with Gasteiger partial charge in [0.05, 0.1) is 5.92 Å². The standard InChI is InChI=1S/C15H19ClO3/c1-15(2,3)19-14(18)11-7-6-10(9-4-5-9)12(8-17)13(11)16/h6,8-9,11H,4-5,7H2,1-3H3. The van der Waals surface area contributed by atoms with Crippen LogP contribution in [-0.4, -0.2) is 17.9 Å². The second-order valence-corrected chi connectivity index (χ2v) is 6.54. The smallest absolute Gasteiger partial charge is 0.315 e. The molecule has 2 aliphatic rings. The molecule has 1 unspecified atom stereocenters. The predicted molar refractivity (Wildman–Crippen MR) is 73.7 cm³/mol. The highest BCUT2D eigenvalue weighted by Crippen LogP contribution is 2.45. The van der Waals surface area contributed by atoms with E-state index in [1.54, 1.807) is 0 Å². The fraction of sp³-hybridized carbons (Fsp3) is 0.600. The fourth-order valence-electron chi connectivity index (χ4n) is 2.26. The SMILES string of the molecule is CC(C)(C)OC(=O)C1CC=C(C2CC2)C(C=O)=C1Cl. The number of hydrogen-bond donors (Lipinski definition) is 0. The molecule has 2 rings (SSSR count). The average molecular weight is 283 g/mol. The van der Waals surface area contributed by atoms with Gasteiger partial charge in [0, 0.05) is 10.6 Å². The second-order valence-electron chi connectivity index (χ2n) is 6.13.